The number of carbonyl (C=O) groups is 1. The largest absolute Gasteiger partial charge is 0.506 e. The molecule has 10 nitrogen and oxygen atoms in total. The van der Waals surface area contributed by atoms with Gasteiger partial charge in [-0.1, -0.05) is 6.92 Å². The van der Waals surface area contributed by atoms with Gasteiger partial charge in [0.1, 0.15) is 17.2 Å². The van der Waals surface area contributed by atoms with Crippen molar-refractivity contribution in [2.75, 3.05) is 50.4 Å². The van der Waals surface area contributed by atoms with Crippen LogP contribution in [0.15, 0.2) is 73.3 Å². The molecule has 1 amide bonds. The molecule has 1 aliphatic heterocycles. The Bertz CT molecular complexity index is 1780. The van der Waals surface area contributed by atoms with E-state index in [0.29, 0.717) is 11.5 Å². The van der Waals surface area contributed by atoms with Crippen molar-refractivity contribution < 1.29 is 15.0 Å². The molecule has 5 aromatic rings. The Balaban J connectivity index is 1.11. The molecule has 0 bridgehead atoms. The minimum atomic E-state index is -0.355. The Kier molecular flexibility index (Phi) is 8.51. The molecule has 45 heavy (non-hydrogen) atoms. The number of phenols is 2. The van der Waals surface area contributed by atoms with Crippen molar-refractivity contribution in [3.05, 3.63) is 90.1 Å². The van der Waals surface area contributed by atoms with Gasteiger partial charge in [0.25, 0.3) is 5.91 Å². The average Bonchev–Trinajstić information content (AvgIpc) is 3.62. The first kappa shape index (κ1) is 30.2. The second kappa shape index (κ2) is 12.7. The number of aromatic nitrogens is 3. The molecule has 10 heteroatoms. The number of rotatable bonds is 9. The molecular formula is C35H41N7O3. The van der Waals surface area contributed by atoms with E-state index in [0.717, 1.165) is 50.6 Å². The maximum atomic E-state index is 12.9. The zero-order chi connectivity index (χ0) is 31.7. The summed E-state index contributed by atoms with van der Waals surface area (Å²) in [6.45, 7) is 13.4. The van der Waals surface area contributed by atoms with Crippen molar-refractivity contribution in [2.45, 2.75) is 27.3 Å². The van der Waals surface area contributed by atoms with Crippen molar-refractivity contribution >= 4 is 33.9 Å². The number of hydrogen-bond donors (Lipinski definition) is 4. The fraction of sp³-hybridized carbons (Fsp3) is 0.314. The number of phenolic OH excluding ortho intramolecular Hbond substituents is 2. The summed E-state index contributed by atoms with van der Waals surface area (Å²) in [6.07, 6.45) is 4.62. The fourth-order valence-corrected chi connectivity index (χ4v) is 6.21. The molecule has 1 aliphatic rings. The average molecular weight is 608 g/mol. The summed E-state index contributed by atoms with van der Waals surface area (Å²) in [5.74, 6) is -0.165. The van der Waals surface area contributed by atoms with Gasteiger partial charge >= 0.3 is 0 Å². The molecule has 0 saturated carbocycles. The third-order valence-corrected chi connectivity index (χ3v) is 8.82. The Morgan fingerprint density at radius 1 is 0.911 bits per heavy atom. The normalized spacial score (nSPS) is 14.9. The van der Waals surface area contributed by atoms with Crippen LogP contribution < -0.4 is 10.6 Å². The van der Waals surface area contributed by atoms with Crippen molar-refractivity contribution in [2.24, 2.45) is 5.92 Å². The van der Waals surface area contributed by atoms with Crippen LogP contribution >= 0.6 is 0 Å². The minimum absolute atomic E-state index is 0.180. The van der Waals surface area contributed by atoms with E-state index in [-0.39, 0.29) is 28.8 Å². The lowest BCUT2D eigenvalue weighted by atomic mass is 10.1. The standard InChI is InChI=1S/C35H41N7O3/c1-23(20-40-15-13-39(4)14-16-40)21-42-25(3)24(2)30-17-28(9-10-31(30)42)37-27-7-5-26(6-8-27)35(45)38-29-18-32(43)34(33(44)19-29)41-12-11-36-22-41/h5-12,17-19,22-23,37,43-44H,13-16,20-21H2,1-4H3,(H,38,45). The number of anilines is 3. The molecule has 0 aliphatic carbocycles. The van der Waals surface area contributed by atoms with Gasteiger partial charge in [0.15, 0.2) is 0 Å². The maximum absolute atomic E-state index is 12.9. The van der Waals surface area contributed by atoms with Crippen molar-refractivity contribution in [3.63, 3.8) is 0 Å². The molecule has 6 rings (SSSR count). The number of piperazine rings is 1. The lowest BCUT2D eigenvalue weighted by Gasteiger charge is -2.34. The van der Waals surface area contributed by atoms with Crippen LogP contribution in [0.4, 0.5) is 17.1 Å². The number of fused-ring (bicyclic) bond motifs is 1. The summed E-state index contributed by atoms with van der Waals surface area (Å²) in [5, 5.41) is 28.3. The number of benzene rings is 3. The highest BCUT2D eigenvalue weighted by atomic mass is 16.3. The zero-order valence-electron chi connectivity index (χ0n) is 26.3. The Morgan fingerprint density at radius 3 is 2.27 bits per heavy atom. The summed E-state index contributed by atoms with van der Waals surface area (Å²) in [4.78, 5) is 21.8. The molecule has 0 spiro atoms. The molecule has 1 unspecified atom stereocenters. The number of amides is 1. The van der Waals surface area contributed by atoms with E-state index in [9.17, 15) is 15.0 Å². The predicted octanol–water partition coefficient (Wildman–Crippen LogP) is 5.73. The lowest BCUT2D eigenvalue weighted by molar-refractivity contribution is 0.102. The van der Waals surface area contributed by atoms with Gasteiger partial charge in [-0.2, -0.15) is 0 Å². The third kappa shape index (κ3) is 6.52. The number of aromatic hydroxyl groups is 2. The second-order valence-electron chi connectivity index (χ2n) is 12.3. The van der Waals surface area contributed by atoms with Gasteiger partial charge in [0.2, 0.25) is 0 Å². The van der Waals surface area contributed by atoms with Crippen molar-refractivity contribution in [1.82, 2.24) is 23.9 Å². The first-order valence-electron chi connectivity index (χ1n) is 15.4. The number of imidazole rings is 1. The maximum Gasteiger partial charge on any atom is 0.255 e. The first-order chi connectivity index (χ1) is 21.7. The molecule has 2 aromatic heterocycles. The van der Waals surface area contributed by atoms with E-state index >= 15 is 0 Å². The van der Waals surface area contributed by atoms with E-state index in [1.165, 1.54) is 45.2 Å². The number of aryl methyl sites for hydroxylation is 1. The van der Waals surface area contributed by atoms with E-state index in [1.54, 1.807) is 24.5 Å². The quantitative estimate of drug-likeness (QED) is 0.169. The lowest BCUT2D eigenvalue weighted by Crippen LogP contribution is -2.46. The van der Waals surface area contributed by atoms with Crippen LogP contribution in [0.3, 0.4) is 0 Å². The molecule has 234 valence electrons. The predicted molar refractivity (Wildman–Crippen MR) is 179 cm³/mol. The fourth-order valence-electron chi connectivity index (χ4n) is 6.21. The highest BCUT2D eigenvalue weighted by Gasteiger charge is 2.19. The van der Waals surface area contributed by atoms with Gasteiger partial charge in [-0.05, 0) is 74.8 Å². The number of carbonyl (C=O) groups excluding carboxylic acids is 1. The SMILES string of the molecule is Cc1c(C)n(CC(C)CN2CCN(C)CC2)c2ccc(Nc3ccc(C(=O)Nc4cc(O)c(-n5ccnc5)c(O)c4)cc3)cc12. The summed E-state index contributed by atoms with van der Waals surface area (Å²) in [5.41, 5.74) is 6.61. The van der Waals surface area contributed by atoms with Crippen LogP contribution in [0, 0.1) is 19.8 Å². The van der Waals surface area contributed by atoms with Gasteiger partial charge in [0.05, 0.1) is 6.33 Å². The Morgan fingerprint density at radius 2 is 1.60 bits per heavy atom. The molecule has 3 aromatic carbocycles. The number of nitrogens with one attached hydrogen (secondary N) is 2. The molecular weight excluding hydrogens is 566 g/mol. The number of hydrogen-bond acceptors (Lipinski definition) is 7. The van der Waals surface area contributed by atoms with Gasteiger partial charge in [0, 0.05) is 103 Å². The van der Waals surface area contributed by atoms with E-state index < -0.39 is 0 Å². The Labute approximate surface area is 263 Å². The van der Waals surface area contributed by atoms with E-state index in [4.69, 9.17) is 0 Å². The van der Waals surface area contributed by atoms with Crippen LogP contribution in [-0.2, 0) is 6.54 Å². The molecule has 0 radical (unpaired) electrons. The topological polar surface area (TPSA) is 111 Å². The molecule has 1 atom stereocenters. The van der Waals surface area contributed by atoms with Crippen molar-refractivity contribution in [1.29, 1.82) is 0 Å². The smallest absolute Gasteiger partial charge is 0.255 e. The summed E-state index contributed by atoms with van der Waals surface area (Å²) >= 11 is 0. The monoisotopic (exact) mass is 607 g/mol. The van der Waals surface area contributed by atoms with Crippen LogP contribution in [0.1, 0.15) is 28.5 Å². The van der Waals surface area contributed by atoms with Crippen LogP contribution in [0.2, 0.25) is 0 Å². The third-order valence-electron chi connectivity index (χ3n) is 8.82. The van der Waals surface area contributed by atoms with Gasteiger partial charge in [-0.25, -0.2) is 4.98 Å². The van der Waals surface area contributed by atoms with Gasteiger partial charge < -0.3 is 35.2 Å². The summed E-state index contributed by atoms with van der Waals surface area (Å²) in [6, 6.07) is 16.5. The van der Waals surface area contributed by atoms with E-state index in [1.807, 2.05) is 12.1 Å². The van der Waals surface area contributed by atoms with Crippen LogP contribution in [-0.4, -0.2) is 79.8 Å². The summed E-state index contributed by atoms with van der Waals surface area (Å²) in [7, 11) is 2.20. The molecule has 1 saturated heterocycles. The van der Waals surface area contributed by atoms with Crippen LogP contribution in [0.25, 0.3) is 16.6 Å². The van der Waals surface area contributed by atoms with Gasteiger partial charge in [-0.15, -0.1) is 0 Å². The number of likely N-dealkylation sites (N-methyl/N-ethyl adjacent to an activating group) is 1. The highest BCUT2D eigenvalue weighted by molar-refractivity contribution is 6.04. The first-order valence-corrected chi connectivity index (χ1v) is 15.4. The summed E-state index contributed by atoms with van der Waals surface area (Å²) < 4.78 is 3.96. The van der Waals surface area contributed by atoms with Gasteiger partial charge in [-0.3, -0.25) is 9.36 Å². The molecule has 1 fully saturated rings. The highest BCUT2D eigenvalue weighted by Crippen LogP contribution is 2.35. The van der Waals surface area contributed by atoms with E-state index in [2.05, 4.69) is 76.0 Å². The second-order valence-corrected chi connectivity index (χ2v) is 12.3. The Hall–Kier alpha value is -4.80. The number of nitrogens with zero attached hydrogens (tertiary/aromatic N) is 5. The van der Waals surface area contributed by atoms with Crippen molar-refractivity contribution in [3.8, 4) is 17.2 Å². The molecule has 3 heterocycles. The zero-order valence-corrected chi connectivity index (χ0v) is 26.3. The minimum Gasteiger partial charge on any atom is -0.506 e. The van der Waals surface area contributed by atoms with Crippen LogP contribution in [0.5, 0.6) is 11.5 Å². The molecule has 4 N–H and O–H groups in total.